The van der Waals surface area contributed by atoms with E-state index in [1.165, 1.54) is 0 Å². The third-order valence-corrected chi connectivity index (χ3v) is 6.22. The number of carbonyl (C=O) groups excluding carboxylic acids is 1. The number of nitriles is 1. The number of rotatable bonds is 6. The number of hydrogen-bond acceptors (Lipinski definition) is 3. The first kappa shape index (κ1) is 23.6. The van der Waals surface area contributed by atoms with E-state index >= 15 is 0 Å². The van der Waals surface area contributed by atoms with Crippen LogP contribution in [0.5, 0.6) is 5.75 Å². The summed E-state index contributed by atoms with van der Waals surface area (Å²) in [6.07, 6.45) is 1.54. The van der Waals surface area contributed by atoms with Crippen molar-refractivity contribution in [2.45, 2.75) is 6.61 Å². The van der Waals surface area contributed by atoms with Crippen LogP contribution in [0, 0.1) is 14.9 Å². The number of halogens is 4. The monoisotopic (exact) mass is 626 g/mol. The number of benzene rings is 3. The molecule has 4 nitrogen and oxygen atoms in total. The average Bonchev–Trinajstić information content (AvgIpc) is 2.75. The third kappa shape index (κ3) is 6.71. The number of amides is 1. The van der Waals surface area contributed by atoms with Gasteiger partial charge in [-0.15, -0.1) is 0 Å². The molecule has 3 rings (SSSR count). The van der Waals surface area contributed by atoms with Crippen LogP contribution >= 0.6 is 61.7 Å². The minimum Gasteiger partial charge on any atom is -0.488 e. The Kier molecular flexibility index (Phi) is 8.38. The first-order chi connectivity index (χ1) is 14.9. The molecule has 0 aliphatic carbocycles. The lowest BCUT2D eigenvalue weighted by Gasteiger charge is -2.10. The van der Waals surface area contributed by atoms with Gasteiger partial charge in [-0.05, 0) is 88.3 Å². The number of ether oxygens (including phenoxy) is 1. The first-order valence-corrected chi connectivity index (χ1v) is 11.5. The molecule has 0 spiro atoms. The fourth-order valence-electron chi connectivity index (χ4n) is 2.56. The van der Waals surface area contributed by atoms with Crippen molar-refractivity contribution < 1.29 is 9.53 Å². The lowest BCUT2D eigenvalue weighted by molar-refractivity contribution is -0.112. The van der Waals surface area contributed by atoms with Gasteiger partial charge >= 0.3 is 0 Å². The summed E-state index contributed by atoms with van der Waals surface area (Å²) in [7, 11) is 0. The van der Waals surface area contributed by atoms with E-state index < -0.39 is 5.91 Å². The summed E-state index contributed by atoms with van der Waals surface area (Å²) in [5.41, 5.74) is 2.22. The van der Waals surface area contributed by atoms with Gasteiger partial charge in [0, 0.05) is 10.2 Å². The van der Waals surface area contributed by atoms with E-state index in [-0.39, 0.29) is 5.57 Å². The van der Waals surface area contributed by atoms with E-state index in [2.05, 4.69) is 43.8 Å². The first-order valence-electron chi connectivity index (χ1n) is 8.90. The smallest absolute Gasteiger partial charge is 0.266 e. The molecule has 0 unspecified atom stereocenters. The van der Waals surface area contributed by atoms with Crippen LogP contribution < -0.4 is 10.1 Å². The molecular weight excluding hydrogens is 614 g/mol. The van der Waals surface area contributed by atoms with Crippen molar-refractivity contribution in [1.82, 2.24) is 0 Å². The van der Waals surface area contributed by atoms with Gasteiger partial charge in [-0.25, -0.2) is 0 Å². The fourth-order valence-corrected chi connectivity index (χ4v) is 3.84. The average molecular weight is 628 g/mol. The molecule has 8 heteroatoms. The zero-order chi connectivity index (χ0) is 22.4. The van der Waals surface area contributed by atoms with E-state index in [0.29, 0.717) is 33.7 Å². The number of nitrogens with zero attached hydrogens (tertiary/aromatic N) is 1. The molecule has 31 heavy (non-hydrogen) atoms. The van der Waals surface area contributed by atoms with Crippen LogP contribution in [0.1, 0.15) is 11.1 Å². The Morgan fingerprint density at radius 1 is 1.10 bits per heavy atom. The number of carbonyl (C=O) groups is 1. The maximum atomic E-state index is 12.4. The molecule has 1 N–H and O–H groups in total. The van der Waals surface area contributed by atoms with Gasteiger partial charge < -0.3 is 10.1 Å². The summed E-state index contributed by atoms with van der Waals surface area (Å²) >= 11 is 17.5. The van der Waals surface area contributed by atoms with Crippen molar-refractivity contribution in [1.29, 1.82) is 5.26 Å². The lowest BCUT2D eigenvalue weighted by Crippen LogP contribution is -2.13. The zero-order valence-electron chi connectivity index (χ0n) is 15.8. The van der Waals surface area contributed by atoms with Crippen molar-refractivity contribution in [2.75, 3.05) is 5.32 Å². The molecule has 0 radical (unpaired) electrons. The molecule has 0 aliphatic rings. The standard InChI is InChI=1S/C23H14BrCl2IN2O2/c24-17-3-5-18(6-4-17)29-23(30)16(12-28)9-14-2-8-22(21(27)11-14)31-13-15-1-7-19(25)20(26)10-15/h1-11H,13H2,(H,29,30)/b16-9-. The van der Waals surface area contributed by atoms with Gasteiger partial charge in [0.05, 0.1) is 13.6 Å². The summed E-state index contributed by atoms with van der Waals surface area (Å²) in [6, 6.07) is 19.8. The normalized spacial score (nSPS) is 11.0. The Morgan fingerprint density at radius 2 is 1.84 bits per heavy atom. The number of anilines is 1. The van der Waals surface area contributed by atoms with Gasteiger partial charge in [0.25, 0.3) is 5.91 Å². The van der Waals surface area contributed by atoms with E-state index in [1.54, 1.807) is 42.5 Å². The predicted octanol–water partition coefficient (Wildman–Crippen LogP) is 7.49. The van der Waals surface area contributed by atoms with Crippen LogP contribution in [0.25, 0.3) is 6.08 Å². The van der Waals surface area contributed by atoms with Gasteiger partial charge in [0.1, 0.15) is 24.0 Å². The molecule has 0 aromatic heterocycles. The van der Waals surface area contributed by atoms with Gasteiger partial charge in [-0.2, -0.15) is 5.26 Å². The highest BCUT2D eigenvalue weighted by Crippen LogP contribution is 2.26. The molecule has 1 amide bonds. The molecule has 3 aromatic rings. The third-order valence-electron chi connectivity index (χ3n) is 4.11. The zero-order valence-corrected chi connectivity index (χ0v) is 21.1. The molecule has 0 saturated heterocycles. The Hall–Kier alpha value is -2.05. The summed E-state index contributed by atoms with van der Waals surface area (Å²) in [6.45, 7) is 0.334. The molecule has 156 valence electrons. The second-order valence-corrected chi connectivity index (χ2v) is 9.25. The predicted molar refractivity (Wildman–Crippen MR) is 136 cm³/mol. The van der Waals surface area contributed by atoms with Crippen molar-refractivity contribution in [3.63, 3.8) is 0 Å². The van der Waals surface area contributed by atoms with Crippen molar-refractivity contribution in [3.8, 4) is 11.8 Å². The second-order valence-electron chi connectivity index (χ2n) is 6.36. The van der Waals surface area contributed by atoms with Crippen molar-refractivity contribution in [2.24, 2.45) is 0 Å². The van der Waals surface area contributed by atoms with Crippen LogP contribution in [-0.2, 0) is 11.4 Å². The summed E-state index contributed by atoms with van der Waals surface area (Å²) in [5, 5.41) is 13.1. The summed E-state index contributed by atoms with van der Waals surface area (Å²) in [5.74, 6) is 0.210. The molecule has 0 fully saturated rings. The topological polar surface area (TPSA) is 62.1 Å². The van der Waals surface area contributed by atoms with Crippen LogP contribution in [0.4, 0.5) is 5.69 Å². The van der Waals surface area contributed by atoms with E-state index in [0.717, 1.165) is 13.6 Å². The molecule has 0 aliphatic heterocycles. The Bertz CT molecular complexity index is 1190. The second kappa shape index (κ2) is 11.0. The number of nitrogens with one attached hydrogen (secondary N) is 1. The van der Waals surface area contributed by atoms with Gasteiger partial charge in [-0.3, -0.25) is 4.79 Å². The molecule has 0 saturated carbocycles. The quantitative estimate of drug-likeness (QED) is 0.175. The van der Waals surface area contributed by atoms with Crippen LogP contribution in [0.2, 0.25) is 10.0 Å². The van der Waals surface area contributed by atoms with Gasteiger partial charge in [0.15, 0.2) is 0 Å². The van der Waals surface area contributed by atoms with Crippen molar-refractivity contribution in [3.05, 3.63) is 95.5 Å². The lowest BCUT2D eigenvalue weighted by atomic mass is 10.1. The molecule has 3 aromatic carbocycles. The van der Waals surface area contributed by atoms with Crippen LogP contribution in [-0.4, -0.2) is 5.91 Å². The highest BCUT2D eigenvalue weighted by atomic mass is 127. The number of hydrogen-bond donors (Lipinski definition) is 1. The van der Waals surface area contributed by atoms with Gasteiger partial charge in [-0.1, -0.05) is 51.3 Å². The van der Waals surface area contributed by atoms with Crippen molar-refractivity contribution >= 4 is 79.4 Å². The summed E-state index contributed by atoms with van der Waals surface area (Å²) < 4.78 is 7.61. The molecule has 0 atom stereocenters. The van der Waals surface area contributed by atoms with Crippen LogP contribution in [0.15, 0.2) is 70.7 Å². The minimum atomic E-state index is -0.472. The van der Waals surface area contributed by atoms with E-state index in [9.17, 15) is 10.1 Å². The fraction of sp³-hybridized carbons (Fsp3) is 0.0435. The van der Waals surface area contributed by atoms with E-state index in [1.807, 2.05) is 30.3 Å². The van der Waals surface area contributed by atoms with Crippen LogP contribution in [0.3, 0.4) is 0 Å². The molecule has 0 heterocycles. The highest BCUT2D eigenvalue weighted by molar-refractivity contribution is 14.1. The van der Waals surface area contributed by atoms with E-state index in [4.69, 9.17) is 27.9 Å². The highest BCUT2D eigenvalue weighted by Gasteiger charge is 2.11. The maximum Gasteiger partial charge on any atom is 0.266 e. The SMILES string of the molecule is N#C/C(=C/c1ccc(OCc2ccc(Cl)c(Cl)c2)c(I)c1)C(=O)Nc1ccc(Br)cc1. The maximum absolute atomic E-state index is 12.4. The Labute approximate surface area is 212 Å². The molecular formula is C23H14BrCl2IN2O2. The van der Waals surface area contributed by atoms with Gasteiger partial charge in [0.2, 0.25) is 0 Å². The molecule has 0 bridgehead atoms. The summed E-state index contributed by atoms with van der Waals surface area (Å²) in [4.78, 5) is 12.4. The Balaban J connectivity index is 1.70. The minimum absolute atomic E-state index is 0.00296. The largest absolute Gasteiger partial charge is 0.488 e. The Morgan fingerprint density at radius 3 is 2.48 bits per heavy atom.